The smallest absolute Gasteiger partial charge is 0.228 e. The maximum atomic E-state index is 12.6. The van der Waals surface area contributed by atoms with E-state index in [0.29, 0.717) is 26.2 Å². The fraction of sp³-hybridized carbons (Fsp3) is 0.611. The molecule has 3 aliphatic rings. The van der Waals surface area contributed by atoms with E-state index >= 15 is 0 Å². The topological polar surface area (TPSA) is 70.2 Å². The predicted molar refractivity (Wildman–Crippen MR) is 98.8 cm³/mol. The monoisotopic (exact) mass is 379 g/mol. The molecule has 0 radical (unpaired) electrons. The fourth-order valence-electron chi connectivity index (χ4n) is 3.63. The van der Waals surface area contributed by atoms with Crippen molar-refractivity contribution in [3.05, 3.63) is 24.3 Å². The number of nitrogens with zero attached hydrogens (tertiary/aromatic N) is 3. The van der Waals surface area contributed by atoms with Crippen LogP contribution in [0.4, 0.5) is 5.69 Å². The van der Waals surface area contributed by atoms with Gasteiger partial charge in [-0.3, -0.25) is 4.79 Å². The Morgan fingerprint density at radius 1 is 1.12 bits per heavy atom. The van der Waals surface area contributed by atoms with Gasteiger partial charge in [-0.25, -0.2) is 8.42 Å². The molecule has 1 aromatic carbocycles. The SMILES string of the molecule is COc1cccc(N2CCN(C(=O)C3CN(S(=O)(=O)C4CC4)C3)CC2)c1. The summed E-state index contributed by atoms with van der Waals surface area (Å²) in [5.74, 6) is 0.747. The van der Waals surface area contributed by atoms with Gasteiger partial charge in [0.05, 0.1) is 18.3 Å². The quantitative estimate of drug-likeness (QED) is 0.756. The van der Waals surface area contributed by atoms with Crippen LogP contribution in [0.1, 0.15) is 12.8 Å². The van der Waals surface area contributed by atoms with Crippen molar-refractivity contribution in [1.29, 1.82) is 0 Å². The van der Waals surface area contributed by atoms with Crippen molar-refractivity contribution < 1.29 is 17.9 Å². The predicted octanol–water partition coefficient (Wildman–Crippen LogP) is 0.768. The molecule has 3 fully saturated rings. The molecular weight excluding hydrogens is 354 g/mol. The molecule has 0 N–H and O–H groups in total. The Balaban J connectivity index is 1.29. The standard InChI is InChI=1S/C18H25N3O4S/c1-25-16-4-2-3-15(11-16)19-7-9-20(10-8-19)18(22)14-12-21(13-14)26(23,24)17-5-6-17/h2-4,11,14,17H,5-10,12-13H2,1H3. The van der Waals surface area contributed by atoms with Crippen molar-refractivity contribution >= 4 is 21.6 Å². The summed E-state index contributed by atoms with van der Waals surface area (Å²) in [5.41, 5.74) is 1.10. The molecule has 7 nitrogen and oxygen atoms in total. The maximum Gasteiger partial charge on any atom is 0.228 e. The number of methoxy groups -OCH3 is 1. The van der Waals surface area contributed by atoms with Crippen LogP contribution in [-0.4, -0.2) is 75.2 Å². The molecule has 2 aliphatic heterocycles. The van der Waals surface area contributed by atoms with Gasteiger partial charge in [0.2, 0.25) is 15.9 Å². The molecule has 0 spiro atoms. The number of rotatable bonds is 5. The molecule has 142 valence electrons. The van der Waals surface area contributed by atoms with E-state index < -0.39 is 10.0 Å². The molecule has 1 saturated carbocycles. The molecule has 0 unspecified atom stereocenters. The number of hydrogen-bond acceptors (Lipinski definition) is 5. The van der Waals surface area contributed by atoms with Crippen molar-refractivity contribution in [3.63, 3.8) is 0 Å². The van der Waals surface area contributed by atoms with Crippen LogP contribution < -0.4 is 9.64 Å². The van der Waals surface area contributed by atoms with E-state index in [0.717, 1.165) is 37.4 Å². The summed E-state index contributed by atoms with van der Waals surface area (Å²) in [4.78, 5) is 16.8. The highest BCUT2D eigenvalue weighted by atomic mass is 32.2. The lowest BCUT2D eigenvalue weighted by Gasteiger charge is -2.42. The molecule has 0 bridgehead atoms. The molecule has 2 saturated heterocycles. The van der Waals surface area contributed by atoms with Crippen LogP contribution in [-0.2, 0) is 14.8 Å². The number of piperazine rings is 1. The lowest BCUT2D eigenvalue weighted by atomic mass is 10.0. The number of sulfonamides is 1. The lowest BCUT2D eigenvalue weighted by molar-refractivity contribution is -0.139. The number of hydrogen-bond donors (Lipinski definition) is 0. The van der Waals surface area contributed by atoms with Gasteiger partial charge in [-0.2, -0.15) is 4.31 Å². The zero-order valence-electron chi connectivity index (χ0n) is 15.0. The number of amides is 1. The first kappa shape index (κ1) is 17.6. The van der Waals surface area contributed by atoms with E-state index in [2.05, 4.69) is 4.90 Å². The van der Waals surface area contributed by atoms with Crippen molar-refractivity contribution in [2.45, 2.75) is 18.1 Å². The molecule has 1 aromatic rings. The van der Waals surface area contributed by atoms with Crippen LogP contribution in [0.3, 0.4) is 0 Å². The van der Waals surface area contributed by atoms with Gasteiger partial charge in [-0.05, 0) is 25.0 Å². The van der Waals surface area contributed by atoms with E-state index in [1.54, 1.807) is 7.11 Å². The first-order valence-corrected chi connectivity index (χ1v) is 10.7. The molecule has 8 heteroatoms. The van der Waals surface area contributed by atoms with Gasteiger partial charge in [0.1, 0.15) is 5.75 Å². The zero-order valence-corrected chi connectivity index (χ0v) is 15.8. The molecule has 2 heterocycles. The number of carbonyl (C=O) groups is 1. The summed E-state index contributed by atoms with van der Waals surface area (Å²) in [7, 11) is -1.48. The molecule has 26 heavy (non-hydrogen) atoms. The summed E-state index contributed by atoms with van der Waals surface area (Å²) in [6.07, 6.45) is 1.54. The Hall–Kier alpha value is -1.80. The van der Waals surface area contributed by atoms with Gasteiger partial charge < -0.3 is 14.5 Å². The fourth-order valence-corrected chi connectivity index (χ4v) is 5.56. The first-order chi connectivity index (χ1) is 12.5. The van der Waals surface area contributed by atoms with Crippen molar-refractivity contribution in [2.75, 3.05) is 51.3 Å². The third kappa shape index (κ3) is 3.27. The van der Waals surface area contributed by atoms with E-state index in [4.69, 9.17) is 4.74 Å². The van der Waals surface area contributed by atoms with Gasteiger partial charge in [-0.15, -0.1) is 0 Å². The Bertz CT molecular complexity index is 779. The van der Waals surface area contributed by atoms with Crippen LogP contribution in [0.2, 0.25) is 0 Å². The lowest BCUT2D eigenvalue weighted by Crippen LogP contribution is -2.59. The first-order valence-electron chi connectivity index (χ1n) is 9.16. The summed E-state index contributed by atoms with van der Waals surface area (Å²) in [6, 6.07) is 7.94. The number of carbonyl (C=O) groups excluding carboxylic acids is 1. The van der Waals surface area contributed by atoms with Gasteiger partial charge >= 0.3 is 0 Å². The Morgan fingerprint density at radius 2 is 1.81 bits per heavy atom. The Morgan fingerprint density at radius 3 is 2.42 bits per heavy atom. The average Bonchev–Trinajstić information content (AvgIpc) is 3.46. The second-order valence-corrected chi connectivity index (χ2v) is 9.49. The van der Waals surface area contributed by atoms with E-state index in [1.165, 1.54) is 4.31 Å². The van der Waals surface area contributed by atoms with Crippen LogP contribution in [0, 0.1) is 5.92 Å². The van der Waals surface area contributed by atoms with E-state index in [9.17, 15) is 13.2 Å². The molecular formula is C18H25N3O4S. The maximum absolute atomic E-state index is 12.6. The molecule has 1 aliphatic carbocycles. The second kappa shape index (κ2) is 6.74. The minimum Gasteiger partial charge on any atom is -0.497 e. The minimum atomic E-state index is -3.14. The van der Waals surface area contributed by atoms with Crippen molar-refractivity contribution in [1.82, 2.24) is 9.21 Å². The van der Waals surface area contributed by atoms with Crippen molar-refractivity contribution in [2.24, 2.45) is 5.92 Å². The summed E-state index contributed by atoms with van der Waals surface area (Å²) in [5, 5.41) is -0.190. The van der Waals surface area contributed by atoms with Gasteiger partial charge in [-0.1, -0.05) is 6.07 Å². The van der Waals surface area contributed by atoms with Crippen LogP contribution in [0.5, 0.6) is 5.75 Å². The Labute approximate surface area is 154 Å². The molecule has 1 amide bonds. The highest BCUT2D eigenvalue weighted by molar-refractivity contribution is 7.90. The number of ether oxygens (including phenoxy) is 1. The third-order valence-electron chi connectivity index (χ3n) is 5.51. The molecule has 0 atom stereocenters. The van der Waals surface area contributed by atoms with Gasteiger partial charge in [0, 0.05) is 51.0 Å². The Kier molecular flexibility index (Phi) is 4.56. The summed E-state index contributed by atoms with van der Waals surface area (Å²) < 4.78 is 31.1. The second-order valence-electron chi connectivity index (χ2n) is 7.27. The summed E-state index contributed by atoms with van der Waals surface area (Å²) >= 11 is 0. The molecule has 4 rings (SSSR count). The number of anilines is 1. The third-order valence-corrected chi connectivity index (χ3v) is 7.84. The average molecular weight is 379 g/mol. The van der Waals surface area contributed by atoms with Crippen molar-refractivity contribution in [3.8, 4) is 5.75 Å². The van der Waals surface area contributed by atoms with Gasteiger partial charge in [0.25, 0.3) is 0 Å². The highest BCUT2D eigenvalue weighted by Crippen LogP contribution is 2.35. The van der Waals surface area contributed by atoms with E-state index in [1.807, 2.05) is 29.2 Å². The van der Waals surface area contributed by atoms with Crippen LogP contribution in [0.25, 0.3) is 0 Å². The van der Waals surface area contributed by atoms with E-state index in [-0.39, 0.29) is 17.1 Å². The number of benzene rings is 1. The molecule has 0 aromatic heterocycles. The highest BCUT2D eigenvalue weighted by Gasteiger charge is 2.47. The minimum absolute atomic E-state index is 0.0949. The van der Waals surface area contributed by atoms with Crippen LogP contribution in [0.15, 0.2) is 24.3 Å². The largest absolute Gasteiger partial charge is 0.497 e. The zero-order chi connectivity index (χ0) is 18.3. The summed E-state index contributed by atoms with van der Waals surface area (Å²) in [6.45, 7) is 3.59. The normalized spacial score (nSPS) is 22.2. The van der Waals surface area contributed by atoms with Gasteiger partial charge in [0.15, 0.2) is 0 Å². The van der Waals surface area contributed by atoms with Crippen LogP contribution >= 0.6 is 0 Å².